The van der Waals surface area contributed by atoms with Gasteiger partial charge in [-0.05, 0) is 43.9 Å². The number of fused-ring (bicyclic) bond motifs is 2. The molecule has 0 spiro atoms. The van der Waals surface area contributed by atoms with E-state index in [0.29, 0.717) is 31.0 Å². The topological polar surface area (TPSA) is 79.5 Å². The van der Waals surface area contributed by atoms with Gasteiger partial charge in [-0.1, -0.05) is 0 Å². The van der Waals surface area contributed by atoms with Crippen LogP contribution in [0.5, 0.6) is 0 Å². The SMILES string of the molecule is CC1=Nc2ncc(-c3ccn4nc(NC5CCC(F)(F)CC5)ncc34)cc2CC1NCC(F)F. The quantitative estimate of drug-likeness (QED) is 0.508. The van der Waals surface area contributed by atoms with E-state index < -0.39 is 12.3 Å². The number of hydrogen-bond donors (Lipinski definition) is 2. The lowest BCUT2D eigenvalue weighted by Crippen LogP contribution is -2.41. The number of halogens is 4. The molecule has 0 radical (unpaired) electrons. The average Bonchev–Trinajstić information content (AvgIpc) is 3.22. The van der Waals surface area contributed by atoms with Crippen molar-refractivity contribution in [3.63, 3.8) is 0 Å². The number of rotatable bonds is 6. The fourth-order valence-corrected chi connectivity index (χ4v) is 4.54. The summed E-state index contributed by atoms with van der Waals surface area (Å²) < 4.78 is 53.8. The zero-order valence-corrected chi connectivity index (χ0v) is 18.6. The molecule has 3 aromatic heterocycles. The smallest absolute Gasteiger partial charge is 0.250 e. The lowest BCUT2D eigenvalue weighted by Gasteiger charge is -2.28. The number of pyridine rings is 1. The van der Waals surface area contributed by atoms with E-state index in [1.807, 2.05) is 19.1 Å². The fraction of sp³-hybridized carbons (Fsp3) is 0.478. The van der Waals surface area contributed by atoms with Crippen molar-refractivity contribution in [3.8, 4) is 11.1 Å². The normalized spacial score (nSPS) is 20.4. The Kier molecular flexibility index (Phi) is 5.97. The van der Waals surface area contributed by atoms with Crippen LogP contribution in [0.1, 0.15) is 38.2 Å². The maximum atomic E-state index is 13.4. The molecule has 2 N–H and O–H groups in total. The van der Waals surface area contributed by atoms with Gasteiger partial charge in [0.2, 0.25) is 11.9 Å². The van der Waals surface area contributed by atoms with Crippen molar-refractivity contribution in [3.05, 3.63) is 36.3 Å². The van der Waals surface area contributed by atoms with E-state index >= 15 is 0 Å². The molecule has 1 saturated carbocycles. The van der Waals surface area contributed by atoms with Crippen molar-refractivity contribution >= 4 is 23.0 Å². The predicted octanol–water partition coefficient (Wildman–Crippen LogP) is 4.65. The predicted molar refractivity (Wildman–Crippen MR) is 121 cm³/mol. The summed E-state index contributed by atoms with van der Waals surface area (Å²) >= 11 is 0. The third-order valence-corrected chi connectivity index (χ3v) is 6.45. The molecule has 5 rings (SSSR count). The van der Waals surface area contributed by atoms with Gasteiger partial charge in [-0.25, -0.2) is 37.0 Å². The van der Waals surface area contributed by atoms with Gasteiger partial charge < -0.3 is 10.6 Å². The lowest BCUT2D eigenvalue weighted by atomic mass is 9.92. The molecule has 34 heavy (non-hydrogen) atoms. The Hall–Kier alpha value is -3.08. The Morgan fingerprint density at radius 1 is 1.18 bits per heavy atom. The van der Waals surface area contributed by atoms with Gasteiger partial charge in [0, 0.05) is 54.2 Å². The van der Waals surface area contributed by atoms with Crippen LogP contribution in [0.4, 0.5) is 29.3 Å². The van der Waals surface area contributed by atoms with E-state index in [2.05, 4.69) is 30.7 Å². The highest BCUT2D eigenvalue weighted by atomic mass is 19.3. The summed E-state index contributed by atoms with van der Waals surface area (Å²) in [6.45, 7) is 1.42. The van der Waals surface area contributed by atoms with Crippen molar-refractivity contribution in [1.82, 2.24) is 24.9 Å². The molecule has 0 aromatic carbocycles. The number of aliphatic imine (C=N–C) groups is 1. The van der Waals surface area contributed by atoms with E-state index in [4.69, 9.17) is 0 Å². The third kappa shape index (κ3) is 4.75. The van der Waals surface area contributed by atoms with Crippen LogP contribution in [-0.4, -0.2) is 56.3 Å². The van der Waals surface area contributed by atoms with E-state index in [0.717, 1.165) is 27.9 Å². The summed E-state index contributed by atoms with van der Waals surface area (Å²) in [7, 11) is 0. The Labute approximate surface area is 193 Å². The Balaban J connectivity index is 1.35. The molecule has 1 unspecified atom stereocenters. The Morgan fingerprint density at radius 3 is 2.74 bits per heavy atom. The zero-order valence-electron chi connectivity index (χ0n) is 18.6. The first-order valence-corrected chi connectivity index (χ1v) is 11.3. The number of anilines is 1. The molecule has 11 heteroatoms. The highest BCUT2D eigenvalue weighted by molar-refractivity contribution is 5.92. The van der Waals surface area contributed by atoms with E-state index in [9.17, 15) is 17.6 Å². The molecule has 0 amide bonds. The molecule has 3 aromatic rings. The number of nitrogens with one attached hydrogen (secondary N) is 2. The van der Waals surface area contributed by atoms with Gasteiger partial charge in [-0.15, -0.1) is 5.10 Å². The summed E-state index contributed by atoms with van der Waals surface area (Å²) in [6, 6.07) is 3.54. The number of hydrogen-bond acceptors (Lipinski definition) is 6. The first kappa shape index (κ1) is 22.7. The van der Waals surface area contributed by atoms with Gasteiger partial charge in [0.15, 0.2) is 5.82 Å². The molecular weight excluding hydrogens is 450 g/mol. The van der Waals surface area contributed by atoms with E-state index in [-0.39, 0.29) is 31.5 Å². The van der Waals surface area contributed by atoms with E-state index in [1.165, 1.54) is 0 Å². The molecule has 1 aliphatic carbocycles. The van der Waals surface area contributed by atoms with Gasteiger partial charge in [-0.2, -0.15) is 0 Å². The molecular formula is C23H25F4N7. The maximum absolute atomic E-state index is 13.4. The highest BCUT2D eigenvalue weighted by Crippen LogP contribution is 2.34. The molecule has 7 nitrogen and oxygen atoms in total. The van der Waals surface area contributed by atoms with Crippen LogP contribution in [0.15, 0.2) is 35.7 Å². The second-order valence-corrected chi connectivity index (χ2v) is 8.93. The third-order valence-electron chi connectivity index (χ3n) is 6.45. The van der Waals surface area contributed by atoms with Crippen LogP contribution in [0.3, 0.4) is 0 Å². The second-order valence-electron chi connectivity index (χ2n) is 8.93. The Bertz CT molecular complexity index is 1210. The van der Waals surface area contributed by atoms with Crippen molar-refractivity contribution in [1.29, 1.82) is 0 Å². The minimum atomic E-state index is -2.58. The lowest BCUT2D eigenvalue weighted by molar-refractivity contribution is -0.0361. The summed E-state index contributed by atoms with van der Waals surface area (Å²) in [5.41, 5.74) is 4.11. The second kappa shape index (κ2) is 8.94. The molecule has 0 saturated heterocycles. The maximum Gasteiger partial charge on any atom is 0.250 e. The van der Waals surface area contributed by atoms with Crippen LogP contribution in [0.25, 0.3) is 16.6 Å². The molecule has 4 heterocycles. The van der Waals surface area contributed by atoms with Crippen LogP contribution in [0.2, 0.25) is 0 Å². The Morgan fingerprint density at radius 2 is 1.97 bits per heavy atom. The summed E-state index contributed by atoms with van der Waals surface area (Å²) in [5.74, 6) is -1.59. The largest absolute Gasteiger partial charge is 0.350 e. The minimum Gasteiger partial charge on any atom is -0.350 e. The molecule has 0 bridgehead atoms. The average molecular weight is 475 g/mol. The number of alkyl halides is 4. The number of nitrogens with zero attached hydrogens (tertiary/aromatic N) is 5. The number of aromatic nitrogens is 4. The van der Waals surface area contributed by atoms with Crippen molar-refractivity contribution in [2.75, 3.05) is 11.9 Å². The van der Waals surface area contributed by atoms with Gasteiger partial charge >= 0.3 is 0 Å². The van der Waals surface area contributed by atoms with Crippen molar-refractivity contribution in [2.45, 2.75) is 63.5 Å². The summed E-state index contributed by atoms with van der Waals surface area (Å²) in [5, 5.41) is 10.5. The molecule has 1 fully saturated rings. The zero-order chi connectivity index (χ0) is 23.9. The van der Waals surface area contributed by atoms with Gasteiger partial charge in [0.05, 0.1) is 18.3 Å². The summed E-state index contributed by atoms with van der Waals surface area (Å²) in [4.78, 5) is 13.4. The monoisotopic (exact) mass is 475 g/mol. The van der Waals surface area contributed by atoms with Crippen LogP contribution in [0, 0.1) is 0 Å². The first-order valence-electron chi connectivity index (χ1n) is 11.3. The van der Waals surface area contributed by atoms with Crippen molar-refractivity contribution < 1.29 is 17.6 Å². The van der Waals surface area contributed by atoms with Gasteiger partial charge in [0.1, 0.15) is 0 Å². The van der Waals surface area contributed by atoms with Crippen LogP contribution < -0.4 is 10.6 Å². The van der Waals surface area contributed by atoms with Crippen molar-refractivity contribution in [2.24, 2.45) is 4.99 Å². The van der Waals surface area contributed by atoms with Crippen LogP contribution in [-0.2, 0) is 6.42 Å². The van der Waals surface area contributed by atoms with E-state index in [1.54, 1.807) is 23.1 Å². The molecule has 180 valence electrons. The van der Waals surface area contributed by atoms with Crippen LogP contribution >= 0.6 is 0 Å². The summed E-state index contributed by atoms with van der Waals surface area (Å²) in [6.07, 6.45) is 3.81. The molecule has 1 aliphatic heterocycles. The highest BCUT2D eigenvalue weighted by Gasteiger charge is 2.35. The van der Waals surface area contributed by atoms with Gasteiger partial charge in [-0.3, -0.25) is 0 Å². The fourth-order valence-electron chi connectivity index (χ4n) is 4.54. The standard InChI is InChI=1S/C23H25F4N7/c1-13-18(28-12-20(24)25)9-14-8-15(10-29-21(14)31-13)17-4-7-34-19(17)11-30-22(33-34)32-16-2-5-23(26,27)6-3-16/h4,7-8,10-11,16,18,20,28H,2-3,5-6,9,12H2,1H3,(H,32,33). The van der Waals surface area contributed by atoms with Gasteiger partial charge in [0.25, 0.3) is 6.43 Å². The minimum absolute atomic E-state index is 0.0763. The molecule has 2 aliphatic rings. The molecule has 1 atom stereocenters. The first-order chi connectivity index (χ1) is 16.3.